The Hall–Kier alpha value is -2.08. The highest BCUT2D eigenvalue weighted by Gasteiger charge is 2.25. The number of likely N-dealkylation sites (N-methyl/N-ethyl adjacent to an activating group) is 1. The van der Waals surface area contributed by atoms with E-state index in [4.69, 9.17) is 9.47 Å². The molecule has 1 atom stereocenters. The largest absolute Gasteiger partial charge is 0.481 e. The van der Waals surface area contributed by atoms with E-state index in [1.54, 1.807) is 30.1 Å². The van der Waals surface area contributed by atoms with E-state index in [0.29, 0.717) is 23.7 Å². The van der Waals surface area contributed by atoms with E-state index >= 15 is 0 Å². The Morgan fingerprint density at radius 2 is 2.30 bits per heavy atom. The van der Waals surface area contributed by atoms with E-state index in [9.17, 15) is 9.59 Å². The topological polar surface area (TPSA) is 67.9 Å². The molecule has 20 heavy (non-hydrogen) atoms. The minimum Gasteiger partial charge on any atom is -0.481 e. The van der Waals surface area contributed by atoms with Gasteiger partial charge < -0.3 is 19.7 Å². The average Bonchev–Trinajstić information content (AvgIpc) is 2.97. The summed E-state index contributed by atoms with van der Waals surface area (Å²) in [6, 6.07) is 5.24. The highest BCUT2D eigenvalue weighted by molar-refractivity contribution is 5.99. The zero-order valence-electron chi connectivity index (χ0n) is 11.2. The maximum Gasteiger partial charge on any atom is 0.264 e. The summed E-state index contributed by atoms with van der Waals surface area (Å²) in [5, 5.41) is 2.81. The van der Waals surface area contributed by atoms with Gasteiger partial charge >= 0.3 is 0 Å². The molecular weight excluding hydrogens is 260 g/mol. The predicted molar refractivity (Wildman–Crippen MR) is 73.0 cm³/mol. The fourth-order valence-corrected chi connectivity index (χ4v) is 2.36. The highest BCUT2D eigenvalue weighted by atomic mass is 16.5. The van der Waals surface area contributed by atoms with Crippen LogP contribution >= 0.6 is 0 Å². The number of nitrogens with one attached hydrogen (secondary N) is 1. The van der Waals surface area contributed by atoms with Crippen LogP contribution in [0, 0.1) is 0 Å². The van der Waals surface area contributed by atoms with E-state index in [2.05, 4.69) is 5.32 Å². The number of benzene rings is 1. The van der Waals surface area contributed by atoms with E-state index in [0.717, 1.165) is 12.8 Å². The average molecular weight is 276 g/mol. The predicted octanol–water partition coefficient (Wildman–Crippen LogP) is 1.16. The molecule has 0 saturated carbocycles. The van der Waals surface area contributed by atoms with Crippen LogP contribution in [0.5, 0.6) is 5.75 Å². The summed E-state index contributed by atoms with van der Waals surface area (Å²) < 4.78 is 10.7. The molecule has 3 rings (SSSR count). The van der Waals surface area contributed by atoms with Crippen LogP contribution in [0.3, 0.4) is 0 Å². The molecule has 2 aliphatic heterocycles. The second kappa shape index (κ2) is 5.13. The number of rotatable bonds is 2. The van der Waals surface area contributed by atoms with Crippen LogP contribution in [-0.4, -0.2) is 38.2 Å². The van der Waals surface area contributed by atoms with Crippen LogP contribution in [0.25, 0.3) is 0 Å². The Labute approximate surface area is 116 Å². The Balaban J connectivity index is 1.75. The minimum atomic E-state index is -0.365. The summed E-state index contributed by atoms with van der Waals surface area (Å²) in [7, 11) is 1.70. The summed E-state index contributed by atoms with van der Waals surface area (Å²) in [5.41, 5.74) is 1.35. The summed E-state index contributed by atoms with van der Waals surface area (Å²) in [4.78, 5) is 25.0. The van der Waals surface area contributed by atoms with Crippen molar-refractivity contribution in [1.82, 2.24) is 0 Å². The first-order valence-electron chi connectivity index (χ1n) is 6.61. The molecule has 0 spiro atoms. The molecule has 2 aliphatic rings. The number of hydrogen-bond donors (Lipinski definition) is 1. The zero-order valence-corrected chi connectivity index (χ0v) is 11.2. The SMILES string of the molecule is CN1C(=O)COc2cc(NC(=O)C3CCCO3)ccc21. The van der Waals surface area contributed by atoms with Crippen LogP contribution in [-0.2, 0) is 14.3 Å². The van der Waals surface area contributed by atoms with Gasteiger partial charge in [0.2, 0.25) is 0 Å². The van der Waals surface area contributed by atoms with Crippen molar-refractivity contribution in [2.24, 2.45) is 0 Å². The summed E-state index contributed by atoms with van der Waals surface area (Å²) in [5.74, 6) is 0.369. The van der Waals surface area contributed by atoms with Gasteiger partial charge in [-0.05, 0) is 25.0 Å². The number of ether oxygens (including phenoxy) is 2. The normalized spacial score (nSPS) is 21.4. The van der Waals surface area contributed by atoms with Gasteiger partial charge in [0.05, 0.1) is 5.69 Å². The monoisotopic (exact) mass is 276 g/mol. The van der Waals surface area contributed by atoms with E-state index in [1.165, 1.54) is 0 Å². The molecule has 6 nitrogen and oxygen atoms in total. The lowest BCUT2D eigenvalue weighted by Crippen LogP contribution is -2.35. The molecule has 6 heteroatoms. The first-order valence-corrected chi connectivity index (χ1v) is 6.61. The van der Waals surface area contributed by atoms with Crippen molar-refractivity contribution < 1.29 is 19.1 Å². The van der Waals surface area contributed by atoms with E-state index < -0.39 is 0 Å². The van der Waals surface area contributed by atoms with E-state index in [-0.39, 0.29) is 24.5 Å². The number of anilines is 2. The van der Waals surface area contributed by atoms with Gasteiger partial charge in [-0.15, -0.1) is 0 Å². The van der Waals surface area contributed by atoms with Gasteiger partial charge in [-0.2, -0.15) is 0 Å². The quantitative estimate of drug-likeness (QED) is 0.880. The Morgan fingerprint density at radius 3 is 3.05 bits per heavy atom. The second-order valence-corrected chi connectivity index (χ2v) is 4.91. The van der Waals surface area contributed by atoms with Gasteiger partial charge in [-0.25, -0.2) is 0 Å². The first-order chi connectivity index (χ1) is 9.65. The zero-order chi connectivity index (χ0) is 14.1. The standard InChI is InChI=1S/C14H16N2O4/c1-16-10-5-4-9(7-12(10)20-8-13(16)17)15-14(18)11-3-2-6-19-11/h4-5,7,11H,2-3,6,8H2,1H3,(H,15,18). The Kier molecular flexibility index (Phi) is 3.31. The first kappa shape index (κ1) is 12.9. The fourth-order valence-electron chi connectivity index (χ4n) is 2.36. The van der Waals surface area contributed by atoms with Crippen LogP contribution in [0.15, 0.2) is 18.2 Å². The van der Waals surface area contributed by atoms with Crippen molar-refractivity contribution in [2.45, 2.75) is 18.9 Å². The van der Waals surface area contributed by atoms with Gasteiger partial charge in [-0.3, -0.25) is 9.59 Å². The molecule has 1 aromatic rings. The lowest BCUT2D eigenvalue weighted by molar-refractivity contribution is -0.124. The third-order valence-electron chi connectivity index (χ3n) is 3.54. The molecule has 1 aromatic carbocycles. The van der Waals surface area contributed by atoms with Crippen molar-refractivity contribution in [3.05, 3.63) is 18.2 Å². The van der Waals surface area contributed by atoms with Crippen molar-refractivity contribution >= 4 is 23.2 Å². The number of hydrogen-bond acceptors (Lipinski definition) is 4. The van der Waals surface area contributed by atoms with Gasteiger partial charge in [0.25, 0.3) is 11.8 Å². The minimum absolute atomic E-state index is 0.0205. The van der Waals surface area contributed by atoms with E-state index in [1.807, 2.05) is 0 Å². The number of nitrogens with zero attached hydrogens (tertiary/aromatic N) is 1. The number of fused-ring (bicyclic) bond motifs is 1. The van der Waals surface area contributed by atoms with Gasteiger partial charge in [0, 0.05) is 25.4 Å². The molecule has 2 heterocycles. The van der Waals surface area contributed by atoms with Crippen molar-refractivity contribution in [1.29, 1.82) is 0 Å². The number of carbonyl (C=O) groups excluding carboxylic acids is 2. The molecule has 1 fully saturated rings. The number of carbonyl (C=O) groups is 2. The Bertz CT molecular complexity index is 552. The molecule has 0 radical (unpaired) electrons. The van der Waals surface area contributed by atoms with Crippen molar-refractivity contribution in [3.63, 3.8) is 0 Å². The molecule has 1 saturated heterocycles. The van der Waals surface area contributed by atoms with Gasteiger partial charge in [0.1, 0.15) is 11.9 Å². The van der Waals surface area contributed by atoms with Crippen molar-refractivity contribution in [2.75, 3.05) is 30.5 Å². The molecule has 1 unspecified atom stereocenters. The van der Waals surface area contributed by atoms with Crippen LogP contribution < -0.4 is 15.0 Å². The van der Waals surface area contributed by atoms with Gasteiger partial charge in [-0.1, -0.05) is 0 Å². The molecular formula is C14H16N2O4. The lowest BCUT2D eigenvalue weighted by atomic mass is 10.2. The second-order valence-electron chi connectivity index (χ2n) is 4.91. The third kappa shape index (κ3) is 2.34. The highest BCUT2D eigenvalue weighted by Crippen LogP contribution is 2.33. The maximum atomic E-state index is 12.0. The molecule has 0 aliphatic carbocycles. The van der Waals surface area contributed by atoms with Crippen LogP contribution in [0.2, 0.25) is 0 Å². The maximum absolute atomic E-state index is 12.0. The molecule has 2 amide bonds. The van der Waals surface area contributed by atoms with Crippen molar-refractivity contribution in [3.8, 4) is 5.75 Å². The van der Waals surface area contributed by atoms with Crippen LogP contribution in [0.4, 0.5) is 11.4 Å². The fraction of sp³-hybridized carbons (Fsp3) is 0.429. The molecule has 106 valence electrons. The number of amides is 2. The third-order valence-corrected chi connectivity index (χ3v) is 3.54. The smallest absolute Gasteiger partial charge is 0.264 e. The summed E-state index contributed by atoms with van der Waals surface area (Å²) in [6.45, 7) is 0.658. The van der Waals surface area contributed by atoms with Crippen LogP contribution in [0.1, 0.15) is 12.8 Å². The Morgan fingerprint density at radius 1 is 1.45 bits per heavy atom. The molecule has 1 N–H and O–H groups in total. The molecule has 0 aromatic heterocycles. The summed E-state index contributed by atoms with van der Waals surface area (Å²) in [6.07, 6.45) is 1.30. The summed E-state index contributed by atoms with van der Waals surface area (Å²) >= 11 is 0. The molecule has 0 bridgehead atoms. The van der Waals surface area contributed by atoms with Gasteiger partial charge in [0.15, 0.2) is 6.61 Å². The lowest BCUT2D eigenvalue weighted by Gasteiger charge is -2.26.